The summed E-state index contributed by atoms with van der Waals surface area (Å²) in [5.41, 5.74) is 5.62. The minimum absolute atomic E-state index is 0.183. The van der Waals surface area contributed by atoms with Gasteiger partial charge in [0.15, 0.2) is 0 Å². The van der Waals surface area contributed by atoms with Gasteiger partial charge in [-0.2, -0.15) is 0 Å². The topological polar surface area (TPSA) is 74.0 Å². The largest absolute Gasteiger partial charge is 0.361 e. The Labute approximate surface area is 194 Å². The standard InChI is InChI=1S/C28H29N3O2/c1-18(2)20-12-14-23(15-13-20)30-28(33)27(21-10-8-19(3)9-11-21)31-26(32)16-22-17-29-25-7-5-4-6-24(22)25/h4-15,17-18,27,29H,16H2,1-3H3,(H,30,33)(H,31,32)/t27-/m0/s1. The van der Waals surface area contributed by atoms with E-state index in [0.717, 1.165) is 27.6 Å². The highest BCUT2D eigenvalue weighted by molar-refractivity contribution is 5.98. The molecule has 5 heteroatoms. The van der Waals surface area contributed by atoms with E-state index in [1.165, 1.54) is 5.56 Å². The Morgan fingerprint density at radius 3 is 2.24 bits per heavy atom. The van der Waals surface area contributed by atoms with Crippen molar-refractivity contribution in [1.29, 1.82) is 0 Å². The first-order valence-corrected chi connectivity index (χ1v) is 11.2. The van der Waals surface area contributed by atoms with E-state index in [1.807, 2.05) is 85.9 Å². The second kappa shape index (κ2) is 9.74. The number of hydrogen-bond acceptors (Lipinski definition) is 2. The Hall–Kier alpha value is -3.86. The van der Waals surface area contributed by atoms with Crippen molar-refractivity contribution in [3.8, 4) is 0 Å². The summed E-state index contributed by atoms with van der Waals surface area (Å²) in [5.74, 6) is -0.0714. The molecule has 2 amide bonds. The molecule has 0 aliphatic rings. The summed E-state index contributed by atoms with van der Waals surface area (Å²) in [6, 6.07) is 22.5. The molecule has 0 bridgehead atoms. The molecular weight excluding hydrogens is 410 g/mol. The van der Waals surface area contributed by atoms with Gasteiger partial charge in [-0.15, -0.1) is 0 Å². The zero-order valence-electron chi connectivity index (χ0n) is 19.2. The van der Waals surface area contributed by atoms with Gasteiger partial charge in [0.1, 0.15) is 6.04 Å². The van der Waals surface area contributed by atoms with Crippen LogP contribution in [0.25, 0.3) is 10.9 Å². The first-order chi connectivity index (χ1) is 15.9. The molecular formula is C28H29N3O2. The lowest BCUT2D eigenvalue weighted by atomic mass is 10.0. The van der Waals surface area contributed by atoms with Crippen molar-refractivity contribution in [2.24, 2.45) is 0 Å². The third kappa shape index (κ3) is 5.32. The summed E-state index contributed by atoms with van der Waals surface area (Å²) < 4.78 is 0. The van der Waals surface area contributed by atoms with Crippen LogP contribution in [0.2, 0.25) is 0 Å². The van der Waals surface area contributed by atoms with Crippen molar-refractivity contribution in [3.05, 3.63) is 101 Å². The number of para-hydroxylation sites is 1. The highest BCUT2D eigenvalue weighted by Crippen LogP contribution is 2.22. The van der Waals surface area contributed by atoms with Crippen molar-refractivity contribution >= 4 is 28.4 Å². The van der Waals surface area contributed by atoms with Gasteiger partial charge in [0.05, 0.1) is 6.42 Å². The SMILES string of the molecule is Cc1ccc([C@H](NC(=O)Cc2c[nH]c3ccccc23)C(=O)Nc2ccc(C(C)C)cc2)cc1. The first-order valence-electron chi connectivity index (χ1n) is 11.2. The molecule has 1 heterocycles. The summed E-state index contributed by atoms with van der Waals surface area (Å²) in [7, 11) is 0. The molecule has 1 aromatic heterocycles. The summed E-state index contributed by atoms with van der Waals surface area (Å²) >= 11 is 0. The third-order valence-electron chi connectivity index (χ3n) is 5.85. The van der Waals surface area contributed by atoms with Crippen LogP contribution in [0.4, 0.5) is 5.69 Å². The van der Waals surface area contributed by atoms with E-state index in [1.54, 1.807) is 0 Å². The highest BCUT2D eigenvalue weighted by Gasteiger charge is 2.23. The van der Waals surface area contributed by atoms with Crippen LogP contribution >= 0.6 is 0 Å². The molecule has 0 unspecified atom stereocenters. The predicted molar refractivity (Wildman–Crippen MR) is 133 cm³/mol. The number of carbonyl (C=O) groups excluding carboxylic acids is 2. The molecule has 4 rings (SSSR count). The number of aryl methyl sites for hydroxylation is 1. The van der Waals surface area contributed by atoms with Crippen molar-refractivity contribution < 1.29 is 9.59 Å². The molecule has 1 atom stereocenters. The number of carbonyl (C=O) groups is 2. The Morgan fingerprint density at radius 2 is 1.55 bits per heavy atom. The molecule has 5 nitrogen and oxygen atoms in total. The van der Waals surface area contributed by atoms with Crippen LogP contribution in [0.5, 0.6) is 0 Å². The number of H-pyrrole nitrogens is 1. The molecule has 0 saturated carbocycles. The third-order valence-corrected chi connectivity index (χ3v) is 5.85. The molecule has 168 valence electrons. The van der Waals surface area contributed by atoms with Crippen LogP contribution in [0, 0.1) is 6.92 Å². The van der Waals surface area contributed by atoms with Crippen LogP contribution in [0.3, 0.4) is 0 Å². The van der Waals surface area contributed by atoms with Gasteiger partial charge in [-0.1, -0.05) is 74.0 Å². The first kappa shape index (κ1) is 22.3. The Kier molecular flexibility index (Phi) is 6.59. The zero-order valence-corrected chi connectivity index (χ0v) is 19.2. The molecule has 33 heavy (non-hydrogen) atoms. The average Bonchev–Trinajstić information content (AvgIpc) is 3.21. The quantitative estimate of drug-likeness (QED) is 0.349. The number of amides is 2. The Morgan fingerprint density at radius 1 is 0.879 bits per heavy atom. The Bertz CT molecular complexity index is 1250. The van der Waals surface area contributed by atoms with Crippen LogP contribution in [0.1, 0.15) is 48.1 Å². The van der Waals surface area contributed by atoms with Gasteiger partial charge >= 0.3 is 0 Å². The number of rotatable bonds is 7. The second-order valence-electron chi connectivity index (χ2n) is 8.71. The van der Waals surface area contributed by atoms with Crippen LogP contribution in [0.15, 0.2) is 79.0 Å². The number of benzene rings is 3. The molecule has 3 aromatic carbocycles. The normalized spacial score (nSPS) is 12.0. The van der Waals surface area contributed by atoms with Crippen LogP contribution in [-0.2, 0) is 16.0 Å². The smallest absolute Gasteiger partial charge is 0.251 e. The predicted octanol–water partition coefficient (Wildman–Crippen LogP) is 5.64. The van der Waals surface area contributed by atoms with Crippen molar-refractivity contribution in [1.82, 2.24) is 10.3 Å². The van der Waals surface area contributed by atoms with Crippen LogP contribution < -0.4 is 10.6 Å². The van der Waals surface area contributed by atoms with Crippen molar-refractivity contribution in [3.63, 3.8) is 0 Å². The lowest BCUT2D eigenvalue weighted by Crippen LogP contribution is -2.37. The fourth-order valence-electron chi connectivity index (χ4n) is 3.89. The number of aromatic amines is 1. The zero-order chi connectivity index (χ0) is 23.4. The Balaban J connectivity index is 1.53. The van der Waals surface area contributed by atoms with Gasteiger partial charge in [0.2, 0.25) is 5.91 Å². The summed E-state index contributed by atoms with van der Waals surface area (Å²) in [6.45, 7) is 6.25. The molecule has 4 aromatic rings. The maximum Gasteiger partial charge on any atom is 0.251 e. The maximum absolute atomic E-state index is 13.2. The summed E-state index contributed by atoms with van der Waals surface area (Å²) in [4.78, 5) is 29.4. The fraction of sp³-hybridized carbons (Fsp3) is 0.214. The molecule has 0 aliphatic heterocycles. The number of hydrogen-bond donors (Lipinski definition) is 3. The van der Waals surface area contributed by atoms with E-state index in [9.17, 15) is 9.59 Å². The average molecular weight is 440 g/mol. The van der Waals surface area contributed by atoms with E-state index >= 15 is 0 Å². The lowest BCUT2D eigenvalue weighted by Gasteiger charge is -2.19. The fourth-order valence-corrected chi connectivity index (χ4v) is 3.89. The molecule has 0 saturated heterocycles. The molecule has 0 fully saturated rings. The minimum Gasteiger partial charge on any atom is -0.361 e. The highest BCUT2D eigenvalue weighted by atomic mass is 16.2. The number of fused-ring (bicyclic) bond motifs is 1. The second-order valence-corrected chi connectivity index (χ2v) is 8.71. The van der Waals surface area contributed by atoms with E-state index < -0.39 is 6.04 Å². The van der Waals surface area contributed by atoms with Gasteiger partial charge in [0.25, 0.3) is 5.91 Å². The number of aromatic nitrogens is 1. The molecule has 0 spiro atoms. The lowest BCUT2D eigenvalue weighted by molar-refractivity contribution is -0.126. The van der Waals surface area contributed by atoms with Gasteiger partial charge < -0.3 is 15.6 Å². The molecule has 0 radical (unpaired) electrons. The summed E-state index contributed by atoms with van der Waals surface area (Å²) in [6.07, 6.45) is 2.03. The van der Waals surface area contributed by atoms with Crippen molar-refractivity contribution in [2.75, 3.05) is 5.32 Å². The minimum atomic E-state index is -0.798. The van der Waals surface area contributed by atoms with E-state index in [0.29, 0.717) is 11.6 Å². The number of nitrogens with one attached hydrogen (secondary N) is 3. The van der Waals surface area contributed by atoms with Gasteiger partial charge in [0, 0.05) is 22.8 Å². The van der Waals surface area contributed by atoms with Gasteiger partial charge in [-0.25, -0.2) is 0 Å². The van der Waals surface area contributed by atoms with E-state index in [4.69, 9.17) is 0 Å². The maximum atomic E-state index is 13.2. The van der Waals surface area contributed by atoms with Gasteiger partial charge in [-0.05, 0) is 47.7 Å². The van der Waals surface area contributed by atoms with Crippen molar-refractivity contribution in [2.45, 2.75) is 39.2 Å². The van der Waals surface area contributed by atoms with E-state index in [-0.39, 0.29) is 18.2 Å². The monoisotopic (exact) mass is 439 g/mol. The number of anilines is 1. The summed E-state index contributed by atoms with van der Waals surface area (Å²) in [5, 5.41) is 6.90. The molecule has 3 N–H and O–H groups in total. The van der Waals surface area contributed by atoms with E-state index in [2.05, 4.69) is 29.5 Å². The molecule has 0 aliphatic carbocycles. The van der Waals surface area contributed by atoms with Crippen LogP contribution in [-0.4, -0.2) is 16.8 Å². The van der Waals surface area contributed by atoms with Gasteiger partial charge in [-0.3, -0.25) is 9.59 Å².